The van der Waals surface area contributed by atoms with Crippen molar-refractivity contribution in [1.82, 2.24) is 20.1 Å². The van der Waals surface area contributed by atoms with Gasteiger partial charge in [-0.25, -0.2) is 4.98 Å². The van der Waals surface area contributed by atoms with E-state index in [4.69, 9.17) is 0 Å². The Hall–Kier alpha value is -3.07. The fourth-order valence-corrected chi connectivity index (χ4v) is 3.01. The van der Waals surface area contributed by atoms with E-state index in [0.717, 1.165) is 5.01 Å². The molecule has 0 radical (unpaired) electrons. The standard InChI is InChI=1S/C18H22N6O3/c1-5-18(27)12(3)22-24(17(18)26)14-8-6-7-13(9-14)16(25)21-11(2)15-19-10-20-23(15)4/h6-11,27H,5H2,1-4H3,(H,21,25)/t11-,18+/m0/s1. The monoisotopic (exact) mass is 370 g/mol. The highest BCUT2D eigenvalue weighted by atomic mass is 16.3. The van der Waals surface area contributed by atoms with E-state index < -0.39 is 11.5 Å². The molecular formula is C18H22N6O3. The molecule has 9 nitrogen and oxygen atoms in total. The van der Waals surface area contributed by atoms with E-state index in [2.05, 4.69) is 20.5 Å². The maximum Gasteiger partial charge on any atom is 0.285 e. The summed E-state index contributed by atoms with van der Waals surface area (Å²) in [4.78, 5) is 29.3. The van der Waals surface area contributed by atoms with Crippen LogP contribution in [-0.4, -0.2) is 43.0 Å². The summed E-state index contributed by atoms with van der Waals surface area (Å²) >= 11 is 0. The van der Waals surface area contributed by atoms with Gasteiger partial charge in [-0.1, -0.05) is 13.0 Å². The number of hydrogen-bond donors (Lipinski definition) is 2. The van der Waals surface area contributed by atoms with Crippen molar-refractivity contribution in [3.8, 4) is 0 Å². The van der Waals surface area contributed by atoms with E-state index in [1.54, 1.807) is 49.8 Å². The Morgan fingerprint density at radius 1 is 1.41 bits per heavy atom. The van der Waals surface area contributed by atoms with E-state index in [-0.39, 0.29) is 18.4 Å². The molecule has 0 saturated heterocycles. The van der Waals surface area contributed by atoms with Crippen molar-refractivity contribution in [2.75, 3.05) is 5.01 Å². The van der Waals surface area contributed by atoms with Gasteiger partial charge in [-0.15, -0.1) is 0 Å². The van der Waals surface area contributed by atoms with Crippen LogP contribution in [0.1, 0.15) is 49.4 Å². The molecule has 2 amide bonds. The predicted octanol–water partition coefficient (Wildman–Crippen LogP) is 1.17. The molecule has 1 aromatic carbocycles. The molecule has 2 atom stereocenters. The van der Waals surface area contributed by atoms with Gasteiger partial charge in [0.2, 0.25) is 0 Å². The van der Waals surface area contributed by atoms with Crippen LogP contribution in [0.5, 0.6) is 0 Å². The highest BCUT2D eigenvalue weighted by Crippen LogP contribution is 2.29. The van der Waals surface area contributed by atoms with Gasteiger partial charge in [0, 0.05) is 12.6 Å². The van der Waals surface area contributed by atoms with Crippen LogP contribution in [0.3, 0.4) is 0 Å². The first-order valence-corrected chi connectivity index (χ1v) is 8.65. The highest BCUT2D eigenvalue weighted by Gasteiger charge is 2.46. The zero-order valence-corrected chi connectivity index (χ0v) is 15.7. The lowest BCUT2D eigenvalue weighted by Gasteiger charge is -2.20. The van der Waals surface area contributed by atoms with Crippen molar-refractivity contribution in [1.29, 1.82) is 0 Å². The number of rotatable bonds is 5. The highest BCUT2D eigenvalue weighted by molar-refractivity contribution is 6.21. The Balaban J connectivity index is 1.81. The zero-order valence-electron chi connectivity index (χ0n) is 15.7. The summed E-state index contributed by atoms with van der Waals surface area (Å²) in [5.74, 6) is -0.208. The molecule has 0 fully saturated rings. The minimum Gasteiger partial charge on any atom is -0.374 e. The molecule has 2 heterocycles. The molecule has 2 N–H and O–H groups in total. The number of amides is 2. The second-order valence-electron chi connectivity index (χ2n) is 6.50. The molecular weight excluding hydrogens is 348 g/mol. The van der Waals surface area contributed by atoms with Crippen LogP contribution in [-0.2, 0) is 11.8 Å². The number of carbonyl (C=O) groups is 2. The molecule has 2 aromatic rings. The maximum atomic E-state index is 12.6. The Morgan fingerprint density at radius 3 is 2.74 bits per heavy atom. The van der Waals surface area contributed by atoms with Crippen molar-refractivity contribution >= 4 is 23.2 Å². The zero-order chi connectivity index (χ0) is 19.8. The summed E-state index contributed by atoms with van der Waals surface area (Å²) in [7, 11) is 1.75. The number of nitrogens with one attached hydrogen (secondary N) is 1. The lowest BCUT2D eigenvalue weighted by molar-refractivity contribution is -0.129. The van der Waals surface area contributed by atoms with Gasteiger partial charge in [-0.3, -0.25) is 14.3 Å². The number of aliphatic hydroxyl groups is 1. The van der Waals surface area contributed by atoms with Crippen LogP contribution in [0.25, 0.3) is 0 Å². The lowest BCUT2D eigenvalue weighted by Crippen LogP contribution is -2.45. The molecule has 0 aliphatic carbocycles. The smallest absolute Gasteiger partial charge is 0.285 e. The Bertz CT molecular complexity index is 921. The first-order chi connectivity index (χ1) is 12.8. The molecule has 0 spiro atoms. The number of carbonyl (C=O) groups excluding carboxylic acids is 2. The quantitative estimate of drug-likeness (QED) is 0.820. The summed E-state index contributed by atoms with van der Waals surface area (Å²) in [5, 5.41) is 22.6. The number of benzene rings is 1. The van der Waals surface area contributed by atoms with Crippen molar-refractivity contribution in [2.45, 2.75) is 38.8 Å². The lowest BCUT2D eigenvalue weighted by atomic mass is 9.95. The van der Waals surface area contributed by atoms with Crippen LogP contribution in [0.2, 0.25) is 0 Å². The number of hydrazone groups is 1. The van der Waals surface area contributed by atoms with Crippen molar-refractivity contribution in [3.05, 3.63) is 42.0 Å². The van der Waals surface area contributed by atoms with Crippen molar-refractivity contribution < 1.29 is 14.7 Å². The number of hydrogen-bond acceptors (Lipinski definition) is 6. The second kappa shape index (κ2) is 6.92. The Morgan fingerprint density at radius 2 is 2.15 bits per heavy atom. The average Bonchev–Trinajstić information content (AvgIpc) is 3.19. The number of anilines is 1. The topological polar surface area (TPSA) is 113 Å². The molecule has 9 heteroatoms. The molecule has 3 rings (SSSR count). The van der Waals surface area contributed by atoms with Gasteiger partial charge in [0.1, 0.15) is 12.2 Å². The van der Waals surface area contributed by atoms with E-state index in [0.29, 0.717) is 22.8 Å². The SMILES string of the molecule is CC[C@]1(O)C(=O)N(c2cccc(C(=O)N[C@@H](C)c3ncnn3C)c2)N=C1C. The average molecular weight is 370 g/mol. The normalized spacial score (nSPS) is 20.6. The van der Waals surface area contributed by atoms with E-state index in [9.17, 15) is 14.7 Å². The minimum atomic E-state index is -1.60. The van der Waals surface area contributed by atoms with Gasteiger partial charge in [0.25, 0.3) is 11.8 Å². The van der Waals surface area contributed by atoms with Gasteiger partial charge in [-0.05, 0) is 38.5 Å². The number of nitrogens with zero attached hydrogens (tertiary/aromatic N) is 5. The molecule has 1 aromatic heterocycles. The van der Waals surface area contributed by atoms with Crippen LogP contribution < -0.4 is 10.3 Å². The Kier molecular flexibility index (Phi) is 4.79. The van der Waals surface area contributed by atoms with Crippen molar-refractivity contribution in [3.63, 3.8) is 0 Å². The van der Waals surface area contributed by atoms with Gasteiger partial charge >= 0.3 is 0 Å². The first kappa shape index (κ1) is 18.7. The second-order valence-corrected chi connectivity index (χ2v) is 6.50. The molecule has 0 unspecified atom stereocenters. The summed E-state index contributed by atoms with van der Waals surface area (Å²) < 4.78 is 1.59. The van der Waals surface area contributed by atoms with E-state index in [1.807, 2.05) is 6.92 Å². The van der Waals surface area contributed by atoms with Crippen LogP contribution in [0, 0.1) is 0 Å². The summed E-state index contributed by atoms with van der Waals surface area (Å²) in [6.07, 6.45) is 1.65. The fourth-order valence-electron chi connectivity index (χ4n) is 3.01. The summed E-state index contributed by atoms with van der Waals surface area (Å²) in [6, 6.07) is 6.20. The first-order valence-electron chi connectivity index (χ1n) is 8.65. The molecule has 1 aliphatic heterocycles. The molecule has 1 aliphatic rings. The Labute approximate surface area is 156 Å². The third-order valence-electron chi connectivity index (χ3n) is 4.74. The molecule has 0 saturated carbocycles. The summed E-state index contributed by atoms with van der Waals surface area (Å²) in [5.41, 5.74) is -0.476. The minimum absolute atomic E-state index is 0.229. The predicted molar refractivity (Wildman–Crippen MR) is 99.2 cm³/mol. The van der Waals surface area contributed by atoms with Gasteiger partial charge in [-0.2, -0.15) is 15.2 Å². The fraction of sp³-hybridized carbons (Fsp3) is 0.389. The number of aryl methyl sites for hydroxylation is 1. The van der Waals surface area contributed by atoms with Crippen LogP contribution in [0.15, 0.2) is 35.7 Å². The largest absolute Gasteiger partial charge is 0.374 e. The number of aromatic nitrogens is 3. The van der Waals surface area contributed by atoms with Gasteiger partial charge in [0.15, 0.2) is 5.60 Å². The van der Waals surface area contributed by atoms with Crippen LogP contribution in [0.4, 0.5) is 5.69 Å². The van der Waals surface area contributed by atoms with Gasteiger partial charge in [0.05, 0.1) is 17.4 Å². The van der Waals surface area contributed by atoms with Crippen LogP contribution >= 0.6 is 0 Å². The van der Waals surface area contributed by atoms with Crippen molar-refractivity contribution in [2.24, 2.45) is 12.1 Å². The summed E-state index contributed by atoms with van der Waals surface area (Å²) in [6.45, 7) is 5.14. The molecule has 27 heavy (non-hydrogen) atoms. The third kappa shape index (κ3) is 3.21. The molecule has 0 bridgehead atoms. The third-order valence-corrected chi connectivity index (χ3v) is 4.74. The van der Waals surface area contributed by atoms with E-state index >= 15 is 0 Å². The molecule has 142 valence electrons. The maximum absolute atomic E-state index is 12.6. The van der Waals surface area contributed by atoms with E-state index in [1.165, 1.54) is 6.33 Å². The van der Waals surface area contributed by atoms with Gasteiger partial charge < -0.3 is 10.4 Å².